The van der Waals surface area contributed by atoms with Gasteiger partial charge in [0.15, 0.2) is 11.5 Å². The number of hydrogen-bond donors (Lipinski definition) is 0. The van der Waals surface area contributed by atoms with E-state index < -0.39 is 23.7 Å². The van der Waals surface area contributed by atoms with Crippen molar-refractivity contribution < 1.29 is 33.0 Å². The highest BCUT2D eigenvalue weighted by atomic mass is 127. The predicted molar refractivity (Wildman–Crippen MR) is 126 cm³/mol. The molecule has 0 radical (unpaired) electrons. The van der Waals surface area contributed by atoms with E-state index in [0.29, 0.717) is 23.7 Å². The van der Waals surface area contributed by atoms with Crippen LogP contribution in [0.25, 0.3) is 6.08 Å². The number of nitrogens with zero attached hydrogens (tertiary/aromatic N) is 1. The molecular weight excluding hydrogens is 552 g/mol. The lowest BCUT2D eigenvalue weighted by atomic mass is 10.1. The summed E-state index contributed by atoms with van der Waals surface area (Å²) >= 11 is 2.85. The summed E-state index contributed by atoms with van der Waals surface area (Å²) in [7, 11) is 1.19. The third-order valence-electron chi connectivity index (χ3n) is 4.31. The van der Waals surface area contributed by atoms with Gasteiger partial charge in [-0.15, -0.1) is 0 Å². The van der Waals surface area contributed by atoms with Crippen LogP contribution in [0.2, 0.25) is 0 Å². The van der Waals surface area contributed by atoms with Gasteiger partial charge in [-0.2, -0.15) is 0 Å². The Kier molecular flexibility index (Phi) is 8.13. The van der Waals surface area contributed by atoms with Crippen molar-refractivity contribution in [3.63, 3.8) is 0 Å². The van der Waals surface area contributed by atoms with E-state index in [-0.39, 0.29) is 17.3 Å². The summed E-state index contributed by atoms with van der Waals surface area (Å²) in [5.41, 5.74) is 1.43. The number of methoxy groups -OCH3 is 1. The fourth-order valence-electron chi connectivity index (χ4n) is 2.79. The van der Waals surface area contributed by atoms with Crippen LogP contribution in [0.5, 0.6) is 11.5 Å². The lowest BCUT2D eigenvalue weighted by Gasteiger charge is -2.15. The molecule has 2 aromatic rings. The van der Waals surface area contributed by atoms with E-state index >= 15 is 0 Å². The Morgan fingerprint density at radius 1 is 1.19 bits per heavy atom. The molecule has 1 fully saturated rings. The van der Waals surface area contributed by atoms with Crippen molar-refractivity contribution >= 4 is 57.5 Å². The molecule has 1 aliphatic heterocycles. The average Bonchev–Trinajstić information content (AvgIpc) is 3.01. The monoisotopic (exact) mass is 571 g/mol. The molecule has 0 saturated carbocycles. The van der Waals surface area contributed by atoms with Crippen LogP contribution in [0.1, 0.15) is 18.1 Å². The fourth-order valence-corrected chi connectivity index (χ4v) is 4.41. The van der Waals surface area contributed by atoms with Crippen molar-refractivity contribution in [2.45, 2.75) is 13.5 Å². The highest BCUT2D eigenvalue weighted by Gasteiger charge is 2.36. The number of ether oxygens (including phenoxy) is 3. The van der Waals surface area contributed by atoms with Crippen LogP contribution in [0.15, 0.2) is 41.3 Å². The number of carbonyl (C=O) groups excluding carboxylic acids is 3. The van der Waals surface area contributed by atoms with Gasteiger partial charge >= 0.3 is 5.97 Å². The Hall–Kier alpha value is -2.60. The second-order valence-electron chi connectivity index (χ2n) is 6.52. The van der Waals surface area contributed by atoms with E-state index in [1.54, 1.807) is 30.3 Å². The van der Waals surface area contributed by atoms with Crippen molar-refractivity contribution in [2.24, 2.45) is 0 Å². The van der Waals surface area contributed by atoms with E-state index in [2.05, 4.69) is 27.3 Å². The molecule has 0 unspecified atom stereocenters. The summed E-state index contributed by atoms with van der Waals surface area (Å²) in [6.45, 7) is 2.02. The number of halogens is 2. The second kappa shape index (κ2) is 10.8. The normalized spacial score (nSPS) is 14.8. The van der Waals surface area contributed by atoms with E-state index in [1.807, 2.05) is 6.92 Å². The van der Waals surface area contributed by atoms with Gasteiger partial charge in [-0.1, -0.05) is 12.1 Å². The third kappa shape index (κ3) is 5.80. The first-order valence-electron chi connectivity index (χ1n) is 9.48. The van der Waals surface area contributed by atoms with Gasteiger partial charge in [0.2, 0.25) is 0 Å². The smallest absolute Gasteiger partial charge is 0.325 e. The first-order chi connectivity index (χ1) is 15.3. The van der Waals surface area contributed by atoms with Gasteiger partial charge < -0.3 is 14.2 Å². The van der Waals surface area contributed by atoms with E-state index in [1.165, 1.54) is 19.2 Å². The third-order valence-corrected chi connectivity index (χ3v) is 6.02. The maximum atomic E-state index is 13.1. The number of esters is 1. The van der Waals surface area contributed by atoms with Gasteiger partial charge in [-0.05, 0) is 82.7 Å². The van der Waals surface area contributed by atoms with Crippen molar-refractivity contribution in [3.05, 3.63) is 61.8 Å². The molecule has 2 aromatic carbocycles. The minimum atomic E-state index is -0.676. The summed E-state index contributed by atoms with van der Waals surface area (Å²) in [6.07, 6.45) is 1.57. The Bertz CT molecular complexity index is 1070. The Labute approximate surface area is 202 Å². The van der Waals surface area contributed by atoms with Crippen LogP contribution in [-0.4, -0.2) is 42.3 Å². The van der Waals surface area contributed by atoms with E-state index in [9.17, 15) is 18.8 Å². The summed E-state index contributed by atoms with van der Waals surface area (Å²) < 4.78 is 30.0. The molecule has 0 aromatic heterocycles. The van der Waals surface area contributed by atoms with Crippen LogP contribution < -0.4 is 9.47 Å². The SMILES string of the molecule is CCOc1cc(/C=C2\SC(=O)N(CC(=O)OC)C2=O)cc(I)c1OCc1ccc(F)cc1. The lowest BCUT2D eigenvalue weighted by Crippen LogP contribution is -2.34. The van der Waals surface area contributed by atoms with Crippen molar-refractivity contribution in [2.75, 3.05) is 20.3 Å². The van der Waals surface area contributed by atoms with E-state index in [0.717, 1.165) is 25.8 Å². The molecule has 1 aliphatic rings. The molecule has 10 heteroatoms. The average molecular weight is 571 g/mol. The van der Waals surface area contributed by atoms with Crippen molar-refractivity contribution in [1.82, 2.24) is 4.90 Å². The first-order valence-corrected chi connectivity index (χ1v) is 11.4. The molecule has 168 valence electrons. The van der Waals surface area contributed by atoms with Crippen LogP contribution in [0.3, 0.4) is 0 Å². The zero-order valence-electron chi connectivity index (χ0n) is 17.2. The molecule has 7 nitrogen and oxygen atoms in total. The topological polar surface area (TPSA) is 82.1 Å². The van der Waals surface area contributed by atoms with Gasteiger partial charge in [0.1, 0.15) is 19.0 Å². The highest BCUT2D eigenvalue weighted by Crippen LogP contribution is 2.37. The van der Waals surface area contributed by atoms with Crippen LogP contribution in [0, 0.1) is 9.39 Å². The number of rotatable bonds is 8. The van der Waals surface area contributed by atoms with Gasteiger partial charge in [0.25, 0.3) is 11.1 Å². The van der Waals surface area contributed by atoms with Crippen molar-refractivity contribution in [3.8, 4) is 11.5 Å². The minimum absolute atomic E-state index is 0.192. The molecule has 0 N–H and O–H groups in total. The highest BCUT2D eigenvalue weighted by molar-refractivity contribution is 14.1. The quantitative estimate of drug-likeness (QED) is 0.260. The molecule has 32 heavy (non-hydrogen) atoms. The zero-order chi connectivity index (χ0) is 23.3. The lowest BCUT2D eigenvalue weighted by molar-refractivity contribution is -0.143. The van der Waals surface area contributed by atoms with E-state index in [4.69, 9.17) is 9.47 Å². The van der Waals surface area contributed by atoms with Gasteiger partial charge in [-0.25, -0.2) is 4.39 Å². The molecule has 1 saturated heterocycles. The molecule has 2 amide bonds. The summed E-state index contributed by atoms with van der Waals surface area (Å²) in [5.74, 6) is -0.563. The van der Waals surface area contributed by atoms with Gasteiger partial charge in [0, 0.05) is 0 Å². The second-order valence-corrected chi connectivity index (χ2v) is 8.68. The van der Waals surface area contributed by atoms with Crippen LogP contribution in [0.4, 0.5) is 9.18 Å². The number of carbonyl (C=O) groups is 3. The van der Waals surface area contributed by atoms with Gasteiger partial charge in [-0.3, -0.25) is 19.3 Å². The number of imide groups is 1. The Morgan fingerprint density at radius 2 is 1.91 bits per heavy atom. The molecular formula is C22H19FINO6S. The Balaban J connectivity index is 1.83. The molecule has 0 aliphatic carbocycles. The van der Waals surface area contributed by atoms with Crippen molar-refractivity contribution in [1.29, 1.82) is 0 Å². The first kappa shape index (κ1) is 24.1. The molecule has 3 rings (SSSR count). The number of thioether (sulfide) groups is 1. The maximum absolute atomic E-state index is 13.1. The fraction of sp³-hybridized carbons (Fsp3) is 0.227. The van der Waals surface area contributed by atoms with Crippen LogP contribution in [-0.2, 0) is 20.9 Å². The molecule has 1 heterocycles. The summed E-state index contributed by atoms with van der Waals surface area (Å²) in [5, 5.41) is -0.536. The standard InChI is InChI=1S/C22H19FINO6S/c1-3-30-17-9-14(10-18-21(27)25(22(28)32-18)11-19(26)29-2)8-16(24)20(17)31-12-13-4-6-15(23)7-5-13/h4-10H,3,11-12H2,1-2H3/b18-10-. The Morgan fingerprint density at radius 3 is 2.56 bits per heavy atom. The number of amides is 2. The summed E-state index contributed by atoms with van der Waals surface area (Å²) in [6, 6.07) is 9.51. The van der Waals surface area contributed by atoms with Crippen LogP contribution >= 0.6 is 34.4 Å². The summed E-state index contributed by atoms with van der Waals surface area (Å²) in [4.78, 5) is 37.2. The number of hydrogen-bond acceptors (Lipinski definition) is 7. The minimum Gasteiger partial charge on any atom is -0.490 e. The van der Waals surface area contributed by atoms with Gasteiger partial charge in [0.05, 0.1) is 22.2 Å². The number of benzene rings is 2. The maximum Gasteiger partial charge on any atom is 0.325 e. The zero-order valence-corrected chi connectivity index (χ0v) is 20.2. The largest absolute Gasteiger partial charge is 0.490 e. The molecule has 0 atom stereocenters. The molecule has 0 spiro atoms. The predicted octanol–water partition coefficient (Wildman–Crippen LogP) is 4.62. The molecule has 0 bridgehead atoms.